The molecule has 1 fully saturated rings. The monoisotopic (exact) mass is 389 g/mol. The molecule has 2 N–H and O–H groups in total. The highest BCUT2D eigenvalue weighted by Crippen LogP contribution is 2.29. The van der Waals surface area contributed by atoms with E-state index in [4.69, 9.17) is 4.74 Å². The van der Waals surface area contributed by atoms with E-state index in [2.05, 4.69) is 20.6 Å². The van der Waals surface area contributed by atoms with Crippen LogP contribution in [0.25, 0.3) is 0 Å². The van der Waals surface area contributed by atoms with E-state index in [1.807, 2.05) is 5.38 Å². The lowest BCUT2D eigenvalue weighted by Crippen LogP contribution is -2.59. The normalized spacial score (nSPS) is 16.0. The average Bonchev–Trinajstić information content (AvgIpc) is 3.21. The maximum atomic E-state index is 12.9. The minimum Gasteiger partial charge on any atom is -0.383 e. The van der Waals surface area contributed by atoms with E-state index >= 15 is 0 Å². The van der Waals surface area contributed by atoms with E-state index in [-0.39, 0.29) is 11.8 Å². The number of anilines is 1. The van der Waals surface area contributed by atoms with Crippen molar-refractivity contribution in [3.8, 4) is 0 Å². The first-order valence-electron chi connectivity index (χ1n) is 8.79. The van der Waals surface area contributed by atoms with Gasteiger partial charge in [-0.2, -0.15) is 0 Å². The summed E-state index contributed by atoms with van der Waals surface area (Å²) < 4.78 is 5.01. The molecule has 27 heavy (non-hydrogen) atoms. The molecule has 3 heterocycles. The van der Waals surface area contributed by atoms with Crippen LogP contribution in [-0.4, -0.2) is 65.6 Å². The summed E-state index contributed by atoms with van der Waals surface area (Å²) in [5.74, 6) is -0.134. The zero-order valence-corrected chi connectivity index (χ0v) is 16.0. The predicted molar refractivity (Wildman–Crippen MR) is 103 cm³/mol. The van der Waals surface area contributed by atoms with Crippen molar-refractivity contribution in [1.82, 2.24) is 20.2 Å². The molecular weight excluding hydrogens is 366 g/mol. The molecule has 0 radical (unpaired) electrons. The van der Waals surface area contributed by atoms with Gasteiger partial charge in [0.2, 0.25) is 5.91 Å². The standard InChI is InChI=1S/C18H23N5O3S/c1-26-12-8-20-16(25)18(22-17-21-9-13-27-17)4-10-23(11-5-18)15(24)14-2-6-19-7-3-14/h2-3,6-7,9,13H,4-5,8,10-12H2,1H3,(H,20,25)(H,21,22). The molecule has 1 aliphatic heterocycles. The van der Waals surface area contributed by atoms with Crippen molar-refractivity contribution in [1.29, 1.82) is 0 Å². The van der Waals surface area contributed by atoms with Crippen LogP contribution in [0.15, 0.2) is 36.1 Å². The number of ether oxygens (including phenoxy) is 1. The molecule has 3 rings (SSSR count). The highest BCUT2D eigenvalue weighted by Gasteiger charge is 2.42. The number of rotatable bonds is 7. The number of amides is 2. The van der Waals surface area contributed by atoms with Crippen molar-refractivity contribution < 1.29 is 14.3 Å². The Bertz CT molecular complexity index is 746. The molecule has 0 spiro atoms. The van der Waals surface area contributed by atoms with Crippen molar-refractivity contribution in [3.05, 3.63) is 41.7 Å². The number of hydrogen-bond donors (Lipinski definition) is 2. The van der Waals surface area contributed by atoms with Crippen LogP contribution in [0.4, 0.5) is 5.13 Å². The predicted octanol–water partition coefficient (Wildman–Crippen LogP) is 1.39. The molecule has 0 unspecified atom stereocenters. The number of piperidine rings is 1. The minimum absolute atomic E-state index is 0.0416. The van der Waals surface area contributed by atoms with Crippen molar-refractivity contribution in [2.24, 2.45) is 0 Å². The molecule has 9 heteroatoms. The van der Waals surface area contributed by atoms with Crippen LogP contribution in [0.5, 0.6) is 0 Å². The summed E-state index contributed by atoms with van der Waals surface area (Å²) in [6.07, 6.45) is 5.92. The topological polar surface area (TPSA) is 96.5 Å². The number of thiazole rings is 1. The molecule has 2 aromatic heterocycles. The van der Waals surface area contributed by atoms with Gasteiger partial charge in [-0.3, -0.25) is 14.6 Å². The van der Waals surface area contributed by atoms with E-state index in [1.165, 1.54) is 11.3 Å². The van der Waals surface area contributed by atoms with Gasteiger partial charge >= 0.3 is 0 Å². The quantitative estimate of drug-likeness (QED) is 0.695. The summed E-state index contributed by atoms with van der Waals surface area (Å²) in [7, 11) is 1.60. The van der Waals surface area contributed by atoms with E-state index in [9.17, 15) is 9.59 Å². The Balaban J connectivity index is 1.70. The fraction of sp³-hybridized carbons (Fsp3) is 0.444. The molecule has 2 amide bonds. The number of nitrogens with zero attached hydrogens (tertiary/aromatic N) is 3. The van der Waals surface area contributed by atoms with Gasteiger partial charge in [-0.25, -0.2) is 4.98 Å². The largest absolute Gasteiger partial charge is 0.383 e. The van der Waals surface area contributed by atoms with Gasteiger partial charge in [0.05, 0.1) is 6.61 Å². The fourth-order valence-corrected chi connectivity index (χ4v) is 3.73. The molecule has 144 valence electrons. The minimum atomic E-state index is -0.791. The molecule has 0 bridgehead atoms. The molecule has 1 aliphatic rings. The van der Waals surface area contributed by atoms with Gasteiger partial charge in [0.25, 0.3) is 5.91 Å². The van der Waals surface area contributed by atoms with Crippen LogP contribution >= 0.6 is 11.3 Å². The smallest absolute Gasteiger partial charge is 0.253 e. The van der Waals surface area contributed by atoms with Gasteiger partial charge in [0.15, 0.2) is 5.13 Å². The Labute approximate surface area is 162 Å². The lowest BCUT2D eigenvalue weighted by atomic mass is 9.86. The SMILES string of the molecule is COCCNC(=O)C1(Nc2nccs2)CCN(C(=O)c2ccncc2)CC1. The van der Waals surface area contributed by atoms with Gasteiger partial charge in [-0.05, 0) is 25.0 Å². The van der Waals surface area contributed by atoms with Crippen LogP contribution in [0.1, 0.15) is 23.2 Å². The summed E-state index contributed by atoms with van der Waals surface area (Å²) in [5.41, 5.74) is -0.185. The lowest BCUT2D eigenvalue weighted by Gasteiger charge is -2.41. The van der Waals surface area contributed by atoms with E-state index in [1.54, 1.807) is 42.7 Å². The molecule has 0 aliphatic carbocycles. The van der Waals surface area contributed by atoms with E-state index in [0.29, 0.717) is 49.8 Å². The first kappa shape index (κ1) is 19.2. The number of hydrogen-bond acceptors (Lipinski definition) is 7. The Hall–Kier alpha value is -2.52. The van der Waals surface area contributed by atoms with Gasteiger partial charge in [-0.15, -0.1) is 11.3 Å². The third-order valence-electron chi connectivity index (χ3n) is 4.64. The summed E-state index contributed by atoms with van der Waals surface area (Å²) in [6, 6.07) is 3.41. The third-order valence-corrected chi connectivity index (χ3v) is 5.32. The molecule has 0 saturated carbocycles. The van der Waals surface area contributed by atoms with Crippen LogP contribution in [0, 0.1) is 0 Å². The number of nitrogens with one attached hydrogen (secondary N) is 2. The van der Waals surface area contributed by atoms with Gasteiger partial charge in [0, 0.05) is 56.3 Å². The van der Waals surface area contributed by atoms with Crippen molar-refractivity contribution in [2.75, 3.05) is 38.7 Å². The Morgan fingerprint density at radius 2 is 2.00 bits per heavy atom. The molecular formula is C18H23N5O3S. The van der Waals surface area contributed by atoms with Crippen molar-refractivity contribution in [3.63, 3.8) is 0 Å². The molecule has 2 aromatic rings. The van der Waals surface area contributed by atoms with Crippen LogP contribution in [-0.2, 0) is 9.53 Å². The zero-order chi connectivity index (χ0) is 19.1. The van der Waals surface area contributed by atoms with Gasteiger partial charge < -0.3 is 20.3 Å². The molecule has 0 aromatic carbocycles. The summed E-state index contributed by atoms with van der Waals surface area (Å²) in [6.45, 7) is 1.86. The van der Waals surface area contributed by atoms with Crippen LogP contribution in [0.2, 0.25) is 0 Å². The number of pyridine rings is 1. The summed E-state index contributed by atoms with van der Waals surface area (Å²) >= 11 is 1.45. The first-order chi connectivity index (χ1) is 13.1. The second-order valence-corrected chi connectivity index (χ2v) is 7.22. The second kappa shape index (κ2) is 8.92. The second-order valence-electron chi connectivity index (χ2n) is 6.32. The number of aromatic nitrogens is 2. The van der Waals surface area contributed by atoms with E-state index < -0.39 is 5.54 Å². The number of likely N-dealkylation sites (tertiary alicyclic amines) is 1. The highest BCUT2D eigenvalue weighted by molar-refractivity contribution is 7.13. The van der Waals surface area contributed by atoms with Gasteiger partial charge in [0.1, 0.15) is 5.54 Å². The highest BCUT2D eigenvalue weighted by atomic mass is 32.1. The maximum Gasteiger partial charge on any atom is 0.253 e. The Morgan fingerprint density at radius 3 is 2.63 bits per heavy atom. The average molecular weight is 389 g/mol. The molecule has 8 nitrogen and oxygen atoms in total. The van der Waals surface area contributed by atoms with Crippen LogP contribution in [0.3, 0.4) is 0 Å². The van der Waals surface area contributed by atoms with Gasteiger partial charge in [-0.1, -0.05) is 0 Å². The fourth-order valence-electron chi connectivity index (χ4n) is 3.10. The lowest BCUT2D eigenvalue weighted by molar-refractivity contribution is -0.127. The Kier molecular flexibility index (Phi) is 6.36. The number of methoxy groups -OCH3 is 1. The summed E-state index contributed by atoms with van der Waals surface area (Å²) in [5, 5.41) is 8.79. The number of carbonyl (C=O) groups excluding carboxylic acids is 2. The zero-order valence-electron chi connectivity index (χ0n) is 15.2. The molecule has 1 saturated heterocycles. The van der Waals surface area contributed by atoms with Crippen molar-refractivity contribution in [2.45, 2.75) is 18.4 Å². The first-order valence-corrected chi connectivity index (χ1v) is 9.67. The van der Waals surface area contributed by atoms with Crippen molar-refractivity contribution >= 4 is 28.3 Å². The summed E-state index contributed by atoms with van der Waals surface area (Å²) in [4.78, 5) is 35.5. The van der Waals surface area contributed by atoms with Crippen LogP contribution < -0.4 is 10.6 Å². The molecule has 0 atom stereocenters. The maximum absolute atomic E-state index is 12.9. The third kappa shape index (κ3) is 4.61. The van der Waals surface area contributed by atoms with E-state index in [0.717, 1.165) is 0 Å². The Morgan fingerprint density at radius 1 is 1.26 bits per heavy atom. The number of carbonyl (C=O) groups is 2.